The number of carbonyl (C=O) groups is 2. The molecule has 0 aromatic heterocycles. The lowest BCUT2D eigenvalue weighted by Gasteiger charge is -2.29. The maximum atomic E-state index is 14.2. The highest BCUT2D eigenvalue weighted by atomic mass is 32.2. The summed E-state index contributed by atoms with van der Waals surface area (Å²) in [6.07, 6.45) is 1.19. The largest absolute Gasteiger partial charge is 0.355 e. The van der Waals surface area contributed by atoms with Crippen molar-refractivity contribution in [3.05, 3.63) is 66.0 Å². The fourth-order valence-electron chi connectivity index (χ4n) is 3.32. The van der Waals surface area contributed by atoms with Crippen LogP contribution in [-0.4, -0.2) is 50.5 Å². The first-order valence-corrected chi connectivity index (χ1v) is 12.3. The molecule has 0 aliphatic rings. The fraction of sp³-hybridized carbons (Fsp3) is 0.391. The molecule has 2 aromatic carbocycles. The number of amides is 2. The predicted molar refractivity (Wildman–Crippen MR) is 123 cm³/mol. The summed E-state index contributed by atoms with van der Waals surface area (Å²) in [7, 11) is -3.74. The van der Waals surface area contributed by atoms with Crippen LogP contribution in [0.5, 0.6) is 0 Å². The van der Waals surface area contributed by atoms with Crippen molar-refractivity contribution in [2.45, 2.75) is 39.3 Å². The van der Waals surface area contributed by atoms with E-state index >= 15 is 0 Å². The molecular weight excluding hydrogens is 433 g/mol. The maximum Gasteiger partial charge on any atom is 0.242 e. The molecule has 0 fully saturated rings. The van der Waals surface area contributed by atoms with Crippen molar-refractivity contribution in [3.63, 3.8) is 0 Å². The van der Waals surface area contributed by atoms with Crippen molar-refractivity contribution in [1.29, 1.82) is 0 Å². The molecule has 2 aromatic rings. The van der Waals surface area contributed by atoms with Gasteiger partial charge in [-0.15, -0.1) is 0 Å². The zero-order valence-corrected chi connectivity index (χ0v) is 19.4. The van der Waals surface area contributed by atoms with Crippen LogP contribution in [0.2, 0.25) is 0 Å². The second-order valence-corrected chi connectivity index (χ2v) is 9.37. The molecule has 0 spiro atoms. The van der Waals surface area contributed by atoms with E-state index in [1.165, 1.54) is 23.1 Å². The highest BCUT2D eigenvalue weighted by molar-refractivity contribution is 7.92. The summed E-state index contributed by atoms with van der Waals surface area (Å²) >= 11 is 0. The molecule has 2 rings (SSSR count). The van der Waals surface area contributed by atoms with Crippen molar-refractivity contribution >= 4 is 27.5 Å². The zero-order chi connectivity index (χ0) is 23.7. The van der Waals surface area contributed by atoms with Crippen LogP contribution in [0.3, 0.4) is 0 Å². The van der Waals surface area contributed by atoms with E-state index in [1.807, 2.05) is 30.3 Å². The van der Waals surface area contributed by atoms with E-state index in [1.54, 1.807) is 19.9 Å². The molecule has 0 saturated carbocycles. The van der Waals surface area contributed by atoms with E-state index in [0.717, 1.165) is 16.1 Å². The molecule has 0 bridgehead atoms. The zero-order valence-electron chi connectivity index (χ0n) is 18.6. The molecule has 1 atom stereocenters. The first-order valence-electron chi connectivity index (χ1n) is 10.5. The lowest BCUT2D eigenvalue weighted by Crippen LogP contribution is -2.47. The third kappa shape index (κ3) is 7.05. The van der Waals surface area contributed by atoms with E-state index in [2.05, 4.69) is 5.32 Å². The summed E-state index contributed by atoms with van der Waals surface area (Å²) in [6.45, 7) is 4.11. The molecule has 0 saturated heterocycles. The molecule has 32 heavy (non-hydrogen) atoms. The topological polar surface area (TPSA) is 86.8 Å². The smallest absolute Gasteiger partial charge is 0.242 e. The van der Waals surface area contributed by atoms with Crippen LogP contribution >= 0.6 is 0 Å². The summed E-state index contributed by atoms with van der Waals surface area (Å²) in [5.41, 5.74) is 0.820. The quantitative estimate of drug-likeness (QED) is 0.555. The van der Waals surface area contributed by atoms with Crippen molar-refractivity contribution < 1.29 is 22.4 Å². The second kappa shape index (κ2) is 11.6. The molecule has 1 N–H and O–H groups in total. The van der Waals surface area contributed by atoms with Crippen LogP contribution in [0.15, 0.2) is 54.6 Å². The predicted octanol–water partition coefficient (Wildman–Crippen LogP) is 2.93. The van der Waals surface area contributed by atoms with Crippen molar-refractivity contribution in [1.82, 2.24) is 10.2 Å². The second-order valence-electron chi connectivity index (χ2n) is 7.47. The number of nitrogens with one attached hydrogen (secondary N) is 1. The Hall–Kier alpha value is -2.94. The molecule has 7 nitrogen and oxygen atoms in total. The van der Waals surface area contributed by atoms with Gasteiger partial charge < -0.3 is 10.2 Å². The summed E-state index contributed by atoms with van der Waals surface area (Å²) in [5, 5.41) is 2.73. The Kier molecular flexibility index (Phi) is 9.19. The van der Waals surface area contributed by atoms with E-state index in [-0.39, 0.29) is 43.4 Å². The molecule has 0 heterocycles. The Bertz CT molecular complexity index is 1010. The van der Waals surface area contributed by atoms with Crippen LogP contribution in [0, 0.1) is 5.82 Å². The number of benzene rings is 2. The van der Waals surface area contributed by atoms with Crippen LogP contribution < -0.4 is 9.62 Å². The maximum absolute atomic E-state index is 14.2. The number of anilines is 1. The lowest BCUT2D eigenvalue weighted by atomic mass is 10.1. The number of rotatable bonds is 11. The van der Waals surface area contributed by atoms with Gasteiger partial charge in [-0.3, -0.25) is 13.9 Å². The van der Waals surface area contributed by atoms with Gasteiger partial charge in [-0.1, -0.05) is 42.5 Å². The molecule has 0 radical (unpaired) electrons. The van der Waals surface area contributed by atoms with Gasteiger partial charge in [-0.05, 0) is 38.0 Å². The molecular formula is C23H30FN3O4S. The number of para-hydroxylation sites is 1. The van der Waals surface area contributed by atoms with Gasteiger partial charge in [0, 0.05) is 26.1 Å². The number of halogens is 1. The van der Waals surface area contributed by atoms with Gasteiger partial charge in [-0.25, -0.2) is 12.8 Å². The number of hydrogen-bond acceptors (Lipinski definition) is 4. The van der Waals surface area contributed by atoms with Gasteiger partial charge in [0.25, 0.3) is 0 Å². The van der Waals surface area contributed by atoms with Gasteiger partial charge in [0.05, 0.1) is 11.9 Å². The minimum absolute atomic E-state index is 0.0110. The molecule has 2 amide bonds. The average molecular weight is 464 g/mol. The van der Waals surface area contributed by atoms with Crippen LogP contribution in [0.1, 0.15) is 32.3 Å². The van der Waals surface area contributed by atoms with E-state index in [4.69, 9.17) is 0 Å². The Labute approximate surface area is 189 Å². The van der Waals surface area contributed by atoms with Crippen LogP contribution in [-0.2, 0) is 26.2 Å². The highest BCUT2D eigenvalue weighted by Crippen LogP contribution is 2.22. The van der Waals surface area contributed by atoms with Gasteiger partial charge in [0.1, 0.15) is 11.9 Å². The normalized spacial score (nSPS) is 12.1. The summed E-state index contributed by atoms with van der Waals surface area (Å²) in [6, 6.07) is 14.2. The third-order valence-electron chi connectivity index (χ3n) is 4.99. The minimum Gasteiger partial charge on any atom is -0.355 e. The highest BCUT2D eigenvalue weighted by Gasteiger charge is 2.26. The first-order chi connectivity index (χ1) is 15.1. The van der Waals surface area contributed by atoms with E-state index in [0.29, 0.717) is 6.54 Å². The Morgan fingerprint density at radius 3 is 2.28 bits per heavy atom. The first kappa shape index (κ1) is 25.3. The summed E-state index contributed by atoms with van der Waals surface area (Å²) in [4.78, 5) is 26.9. The van der Waals surface area contributed by atoms with Gasteiger partial charge in [0.2, 0.25) is 21.8 Å². The third-order valence-corrected chi connectivity index (χ3v) is 6.17. The van der Waals surface area contributed by atoms with Gasteiger partial charge in [-0.2, -0.15) is 0 Å². The van der Waals surface area contributed by atoms with Gasteiger partial charge in [0.15, 0.2) is 0 Å². The summed E-state index contributed by atoms with van der Waals surface area (Å²) < 4.78 is 39.6. The van der Waals surface area contributed by atoms with Gasteiger partial charge >= 0.3 is 0 Å². The standard InChI is InChI=1S/C23H30FN3O4S/c1-4-25-23(29)18(2)26(17-19-11-6-5-7-12-19)22(28)15-10-16-27(32(3,30)31)21-14-9-8-13-20(21)24/h5-9,11-14,18H,4,10,15-17H2,1-3H3,(H,25,29). The Morgan fingerprint density at radius 1 is 1.06 bits per heavy atom. The Balaban J connectivity index is 2.14. The molecule has 0 aliphatic heterocycles. The Morgan fingerprint density at radius 2 is 1.69 bits per heavy atom. The average Bonchev–Trinajstić information content (AvgIpc) is 2.75. The van der Waals surface area contributed by atoms with E-state index in [9.17, 15) is 22.4 Å². The van der Waals surface area contributed by atoms with Crippen molar-refractivity contribution in [3.8, 4) is 0 Å². The van der Waals surface area contributed by atoms with E-state index < -0.39 is 21.9 Å². The molecule has 0 aliphatic carbocycles. The van der Waals surface area contributed by atoms with Crippen LogP contribution in [0.25, 0.3) is 0 Å². The number of sulfonamides is 1. The number of nitrogens with zero attached hydrogens (tertiary/aromatic N) is 2. The fourth-order valence-corrected chi connectivity index (χ4v) is 4.29. The number of likely N-dealkylation sites (N-methyl/N-ethyl adjacent to an activating group) is 1. The molecule has 174 valence electrons. The molecule has 9 heteroatoms. The number of hydrogen-bond donors (Lipinski definition) is 1. The minimum atomic E-state index is -3.74. The monoisotopic (exact) mass is 463 g/mol. The SMILES string of the molecule is CCNC(=O)C(C)N(Cc1ccccc1)C(=O)CCCN(c1ccccc1F)S(C)(=O)=O. The van der Waals surface area contributed by atoms with Crippen molar-refractivity contribution in [2.24, 2.45) is 0 Å². The van der Waals surface area contributed by atoms with Crippen LogP contribution in [0.4, 0.5) is 10.1 Å². The summed E-state index contributed by atoms with van der Waals surface area (Å²) in [5.74, 6) is -1.20. The molecule has 1 unspecified atom stereocenters. The number of carbonyl (C=O) groups excluding carboxylic acids is 2. The lowest BCUT2D eigenvalue weighted by molar-refractivity contribution is -0.140. The van der Waals surface area contributed by atoms with Crippen molar-refractivity contribution in [2.75, 3.05) is 23.7 Å².